The van der Waals surface area contributed by atoms with Crippen molar-refractivity contribution in [2.24, 2.45) is 0 Å². The van der Waals surface area contributed by atoms with E-state index in [4.69, 9.17) is 0 Å². The molecule has 0 bridgehead atoms. The normalized spacial score (nSPS) is 13.2. The zero-order valence-electron chi connectivity index (χ0n) is 12.6. The van der Waals surface area contributed by atoms with Crippen LogP contribution in [0.2, 0.25) is 19.6 Å². The molecule has 0 saturated heterocycles. The molecule has 21 heavy (non-hydrogen) atoms. The van der Waals surface area contributed by atoms with Gasteiger partial charge in [0, 0.05) is 0 Å². The number of rotatable bonds is 4. The first-order valence-corrected chi connectivity index (χ1v) is 12.0. The van der Waals surface area contributed by atoms with Crippen molar-refractivity contribution in [2.75, 3.05) is 0 Å². The minimum Gasteiger partial charge on any atom is -0.219 e. The summed E-state index contributed by atoms with van der Waals surface area (Å²) in [6.45, 7) is 6.41. The molecule has 0 saturated carbocycles. The van der Waals surface area contributed by atoms with Crippen LogP contribution in [-0.4, -0.2) is 16.5 Å². The Balaban J connectivity index is 2.65. The van der Waals surface area contributed by atoms with E-state index < -0.39 is 17.9 Å². The molecule has 2 aromatic rings. The van der Waals surface area contributed by atoms with Crippen LogP contribution < -0.4 is 0 Å². The standard InChI is InChI=1S/C17H20O2SSi/c1-21(2,3)14-17(15-10-6-4-7-11-15)20(18,19)16-12-8-5-9-13-16/h4-14H,1-3H3/b17-14+. The highest BCUT2D eigenvalue weighted by Gasteiger charge is 2.24. The Labute approximate surface area is 128 Å². The highest BCUT2D eigenvalue weighted by molar-refractivity contribution is 8.00. The first-order chi connectivity index (χ1) is 9.81. The van der Waals surface area contributed by atoms with Gasteiger partial charge in [0.1, 0.15) is 0 Å². The van der Waals surface area contributed by atoms with Crippen LogP contribution in [0.4, 0.5) is 0 Å². The van der Waals surface area contributed by atoms with E-state index in [0.717, 1.165) is 5.56 Å². The van der Waals surface area contributed by atoms with E-state index in [-0.39, 0.29) is 0 Å². The van der Waals surface area contributed by atoms with Crippen LogP contribution in [0.15, 0.2) is 71.3 Å². The third-order valence-corrected chi connectivity index (χ3v) is 6.15. The van der Waals surface area contributed by atoms with Crippen LogP contribution in [0, 0.1) is 0 Å². The van der Waals surface area contributed by atoms with Gasteiger partial charge in [-0.3, -0.25) is 0 Å². The Morgan fingerprint density at radius 3 is 1.81 bits per heavy atom. The van der Waals surface area contributed by atoms with Gasteiger partial charge in [-0.15, -0.1) is 0 Å². The lowest BCUT2D eigenvalue weighted by molar-refractivity contribution is 0.606. The van der Waals surface area contributed by atoms with E-state index in [1.54, 1.807) is 24.3 Å². The molecule has 0 fully saturated rings. The molecule has 0 N–H and O–H groups in total. The Bertz CT molecular complexity index is 727. The number of benzene rings is 2. The smallest absolute Gasteiger partial charge is 0.206 e. The van der Waals surface area contributed by atoms with Gasteiger partial charge in [0.15, 0.2) is 0 Å². The SMILES string of the molecule is C[Si](C)(C)/C=C(\c1ccccc1)S(=O)(=O)c1ccccc1. The molecule has 0 heterocycles. The monoisotopic (exact) mass is 316 g/mol. The maximum absolute atomic E-state index is 13.0. The van der Waals surface area contributed by atoms with Gasteiger partial charge in [-0.25, -0.2) is 8.42 Å². The van der Waals surface area contributed by atoms with E-state index in [9.17, 15) is 8.42 Å². The molecule has 0 atom stereocenters. The first-order valence-electron chi connectivity index (χ1n) is 6.89. The quantitative estimate of drug-likeness (QED) is 0.785. The molecular formula is C17H20O2SSi. The molecule has 2 aromatic carbocycles. The van der Waals surface area contributed by atoms with E-state index in [0.29, 0.717) is 9.80 Å². The predicted octanol–water partition coefficient (Wildman–Crippen LogP) is 4.38. The summed E-state index contributed by atoms with van der Waals surface area (Å²) in [6.07, 6.45) is 0. The Morgan fingerprint density at radius 2 is 1.33 bits per heavy atom. The van der Waals surface area contributed by atoms with Gasteiger partial charge >= 0.3 is 0 Å². The second-order valence-corrected chi connectivity index (χ2v) is 13.0. The summed E-state index contributed by atoms with van der Waals surface area (Å²) in [6, 6.07) is 18.0. The fourth-order valence-corrected chi connectivity index (χ4v) is 5.89. The summed E-state index contributed by atoms with van der Waals surface area (Å²) in [5, 5.41) is 0. The second kappa shape index (κ2) is 5.99. The van der Waals surface area contributed by atoms with Crippen molar-refractivity contribution in [2.45, 2.75) is 24.5 Å². The third-order valence-electron chi connectivity index (χ3n) is 2.97. The summed E-state index contributed by atoms with van der Waals surface area (Å²) in [7, 11) is -5.18. The molecule has 0 radical (unpaired) electrons. The van der Waals surface area contributed by atoms with Gasteiger partial charge in [-0.05, 0) is 17.7 Å². The van der Waals surface area contributed by atoms with Crippen LogP contribution in [0.25, 0.3) is 4.91 Å². The molecule has 0 aliphatic heterocycles. The summed E-state index contributed by atoms with van der Waals surface area (Å²) in [5.41, 5.74) is 2.72. The molecule has 0 aliphatic rings. The average molecular weight is 316 g/mol. The van der Waals surface area contributed by atoms with E-state index in [1.165, 1.54) is 0 Å². The van der Waals surface area contributed by atoms with Gasteiger partial charge < -0.3 is 0 Å². The fourth-order valence-electron chi connectivity index (χ4n) is 2.04. The molecule has 2 nitrogen and oxygen atoms in total. The first kappa shape index (κ1) is 15.7. The molecular weight excluding hydrogens is 296 g/mol. The molecule has 4 heteroatoms. The van der Waals surface area contributed by atoms with Crippen LogP contribution in [0.3, 0.4) is 0 Å². The Kier molecular flexibility index (Phi) is 4.49. The van der Waals surface area contributed by atoms with Crippen LogP contribution in [0.5, 0.6) is 0 Å². The lowest BCUT2D eigenvalue weighted by Gasteiger charge is -2.16. The molecule has 0 amide bonds. The Hall–Kier alpha value is -1.65. The lowest BCUT2D eigenvalue weighted by atomic mass is 10.2. The average Bonchev–Trinajstić information content (AvgIpc) is 2.46. The van der Waals surface area contributed by atoms with Crippen LogP contribution in [-0.2, 0) is 9.84 Å². The number of hydrogen-bond acceptors (Lipinski definition) is 2. The van der Waals surface area contributed by atoms with Gasteiger partial charge in [-0.2, -0.15) is 0 Å². The van der Waals surface area contributed by atoms with Crippen molar-refractivity contribution in [3.05, 3.63) is 71.9 Å². The topological polar surface area (TPSA) is 34.1 Å². The van der Waals surface area contributed by atoms with Crippen LogP contribution in [0.1, 0.15) is 5.56 Å². The van der Waals surface area contributed by atoms with Crippen molar-refractivity contribution < 1.29 is 8.42 Å². The summed E-state index contributed by atoms with van der Waals surface area (Å²) in [5.74, 6) is 0. The summed E-state index contributed by atoms with van der Waals surface area (Å²) >= 11 is 0. The highest BCUT2D eigenvalue weighted by Crippen LogP contribution is 2.29. The van der Waals surface area contributed by atoms with Crippen molar-refractivity contribution in [1.29, 1.82) is 0 Å². The molecule has 2 rings (SSSR count). The maximum atomic E-state index is 13.0. The summed E-state index contributed by atoms with van der Waals surface area (Å²) in [4.78, 5) is 0.770. The largest absolute Gasteiger partial charge is 0.219 e. The zero-order chi connectivity index (χ0) is 15.5. The number of hydrogen-bond donors (Lipinski definition) is 0. The summed E-state index contributed by atoms with van der Waals surface area (Å²) < 4.78 is 25.9. The fraction of sp³-hybridized carbons (Fsp3) is 0.176. The lowest BCUT2D eigenvalue weighted by Crippen LogP contribution is -2.19. The van der Waals surface area contributed by atoms with Crippen molar-refractivity contribution in [1.82, 2.24) is 0 Å². The second-order valence-electron chi connectivity index (χ2n) is 6.06. The third kappa shape index (κ3) is 3.92. The maximum Gasteiger partial charge on any atom is 0.206 e. The number of sulfone groups is 1. The molecule has 0 spiro atoms. The van der Waals surface area contributed by atoms with E-state index >= 15 is 0 Å². The molecule has 110 valence electrons. The van der Waals surface area contributed by atoms with Gasteiger partial charge in [-0.1, -0.05) is 73.9 Å². The molecule has 0 aliphatic carbocycles. The van der Waals surface area contributed by atoms with Crippen molar-refractivity contribution in [3.8, 4) is 0 Å². The van der Waals surface area contributed by atoms with E-state index in [1.807, 2.05) is 42.1 Å². The molecule has 0 unspecified atom stereocenters. The van der Waals surface area contributed by atoms with Gasteiger partial charge in [0.25, 0.3) is 0 Å². The van der Waals surface area contributed by atoms with Crippen molar-refractivity contribution in [3.63, 3.8) is 0 Å². The predicted molar refractivity (Wildman–Crippen MR) is 91.4 cm³/mol. The zero-order valence-corrected chi connectivity index (χ0v) is 14.4. The van der Waals surface area contributed by atoms with E-state index in [2.05, 4.69) is 19.6 Å². The molecule has 0 aromatic heterocycles. The van der Waals surface area contributed by atoms with Gasteiger partial charge in [0.05, 0.1) is 17.9 Å². The van der Waals surface area contributed by atoms with Crippen molar-refractivity contribution >= 4 is 22.8 Å². The minimum absolute atomic E-state index is 0.346. The highest BCUT2D eigenvalue weighted by atomic mass is 32.2. The minimum atomic E-state index is -3.49. The Morgan fingerprint density at radius 1 is 0.857 bits per heavy atom. The van der Waals surface area contributed by atoms with Gasteiger partial charge in [0.2, 0.25) is 9.84 Å². The van der Waals surface area contributed by atoms with Crippen LogP contribution >= 0.6 is 0 Å².